The van der Waals surface area contributed by atoms with E-state index in [-0.39, 0.29) is 36.5 Å². The molecule has 0 spiro atoms. The number of aryl methyl sites for hydroxylation is 1. The van der Waals surface area contributed by atoms with Crippen LogP contribution in [0.1, 0.15) is 68.0 Å². The number of allylic oxidation sites excluding steroid dienone is 1. The second-order valence-corrected chi connectivity index (χ2v) is 28.1. The summed E-state index contributed by atoms with van der Waals surface area (Å²) in [5, 5.41) is -0.273. The second-order valence-electron chi connectivity index (χ2n) is 17.7. The van der Waals surface area contributed by atoms with E-state index in [1.54, 1.807) is 46.3 Å². The largest absolute Gasteiger partial charge is 0.408 e. The van der Waals surface area contributed by atoms with E-state index in [2.05, 4.69) is 48.8 Å². The first kappa shape index (κ1) is 45.1. The van der Waals surface area contributed by atoms with Crippen molar-refractivity contribution in [3.63, 3.8) is 0 Å². The predicted octanol–water partition coefficient (Wildman–Crippen LogP) is 6.21. The zero-order valence-corrected chi connectivity index (χ0v) is 40.0. The molecule has 14 bridgehead atoms. The van der Waals surface area contributed by atoms with Crippen molar-refractivity contribution < 1.29 is 46.6 Å². The average Bonchev–Trinajstić information content (AvgIpc) is 4.01. The molecule has 3 saturated heterocycles. The summed E-state index contributed by atoms with van der Waals surface area (Å²) in [5.74, 6) is -1.18. The Hall–Kier alpha value is -3.11. The van der Waals surface area contributed by atoms with E-state index in [4.69, 9.17) is 70.6 Å². The highest BCUT2D eigenvalue weighted by Crippen LogP contribution is 2.56. The fourth-order valence-electron chi connectivity index (χ4n) is 8.28. The van der Waals surface area contributed by atoms with Gasteiger partial charge in [0.05, 0.1) is 43.0 Å². The number of aliphatic imine (C=N–C) groups is 1. The van der Waals surface area contributed by atoms with Gasteiger partial charge in [0.25, 0.3) is 5.91 Å². The molecule has 18 nitrogen and oxygen atoms in total. The third-order valence-electron chi connectivity index (χ3n) is 12.7. The quantitative estimate of drug-likeness (QED) is 0.133. The van der Waals surface area contributed by atoms with E-state index in [1.807, 2.05) is 25.1 Å². The molecule has 10 rings (SSSR count). The molecule has 0 aliphatic carbocycles. The number of imidazole rings is 1. The van der Waals surface area contributed by atoms with Crippen molar-refractivity contribution >= 4 is 80.2 Å². The normalized spacial score (nSPS) is 34.2. The zero-order chi connectivity index (χ0) is 44.5. The van der Waals surface area contributed by atoms with E-state index in [0.717, 1.165) is 0 Å². The summed E-state index contributed by atoms with van der Waals surface area (Å²) in [6.07, 6.45) is 4.66. The van der Waals surface area contributed by atoms with Crippen LogP contribution in [0.15, 0.2) is 66.5 Å². The van der Waals surface area contributed by atoms with Crippen molar-refractivity contribution in [2.75, 3.05) is 24.7 Å². The number of fused-ring (bicyclic) bond motifs is 10. The molecule has 11 atom stereocenters. The Balaban J connectivity index is 1.20. The highest BCUT2D eigenvalue weighted by atomic mass is 32.5. The number of carbonyl (C=O) groups is 1. The Morgan fingerprint density at radius 3 is 2.37 bits per heavy atom. The van der Waals surface area contributed by atoms with Gasteiger partial charge in [0.1, 0.15) is 54.4 Å². The number of hydrogen-bond donors (Lipinski definition) is 2. The highest BCUT2D eigenvalue weighted by Gasteiger charge is 2.57. The summed E-state index contributed by atoms with van der Waals surface area (Å²) in [4.78, 5) is 67.8. The maximum atomic E-state index is 14.3. The first-order chi connectivity index (χ1) is 29.9. The number of aromatic nitrogens is 6. The van der Waals surface area contributed by atoms with Crippen LogP contribution < -0.4 is 4.90 Å². The molecule has 0 radical (unpaired) electrons. The molecule has 6 aliphatic rings. The molecule has 336 valence electrons. The Morgan fingerprint density at radius 2 is 1.62 bits per heavy atom. The fraction of sp³-hybridized carbons (Fsp3) is 0.525. The van der Waals surface area contributed by atoms with Crippen LogP contribution in [0.25, 0.3) is 11.2 Å². The van der Waals surface area contributed by atoms with Crippen LogP contribution in [-0.4, -0.2) is 116 Å². The standard InChI is InChI=1S/C40H50N8O10P2S2Si/c1-23-27-18-52-60(51,62)57-35-33-25-17-41-31-29(25)43-21-45-37(31)47(38(49)24-13-9-7-10-14-24)16-12-8-11-15-26-30-36(44-20-42-26)48(22-46-30)39(55-27)32(23)56-59(50,61)53-19-28(54-33)34(35)58-63(5,6)40(2,3)4/h7-10,12-14,17,20-23,25,27-28,32-35,39H,11,15-16,18-19H2,1-6H3,(H,50,61)(H,51,62)/b12-8+. The molecule has 2 N–H and O–H groups in total. The van der Waals surface area contributed by atoms with E-state index in [1.165, 1.54) is 12.7 Å². The predicted molar refractivity (Wildman–Crippen MR) is 242 cm³/mol. The summed E-state index contributed by atoms with van der Waals surface area (Å²) in [6, 6.07) is 8.95. The third kappa shape index (κ3) is 8.83. The molecule has 63 heavy (non-hydrogen) atoms. The molecule has 4 aromatic rings. The summed E-state index contributed by atoms with van der Waals surface area (Å²) in [7, 11) is -2.65. The Morgan fingerprint density at radius 1 is 0.905 bits per heavy atom. The van der Waals surface area contributed by atoms with Crippen LogP contribution in [0, 0.1) is 5.92 Å². The lowest BCUT2D eigenvalue weighted by atomic mass is 9.94. The van der Waals surface area contributed by atoms with Crippen LogP contribution in [0.4, 0.5) is 11.5 Å². The molecular weight excluding hydrogens is 907 g/mol. The fourth-order valence-corrected chi connectivity index (χ4v) is 12.5. The average molecular weight is 957 g/mol. The number of nitrogens with zero attached hydrogens (tertiary/aromatic N) is 8. The molecule has 1 amide bonds. The van der Waals surface area contributed by atoms with Gasteiger partial charge in [0.2, 0.25) is 0 Å². The lowest BCUT2D eigenvalue weighted by Gasteiger charge is -2.41. The lowest BCUT2D eigenvalue weighted by Crippen LogP contribution is -2.50. The van der Waals surface area contributed by atoms with E-state index in [0.29, 0.717) is 46.6 Å². The van der Waals surface area contributed by atoms with Crippen molar-refractivity contribution in [1.29, 1.82) is 0 Å². The van der Waals surface area contributed by atoms with Crippen LogP contribution in [0.3, 0.4) is 0 Å². The first-order valence-corrected chi connectivity index (χ1v) is 28.9. The highest BCUT2D eigenvalue weighted by molar-refractivity contribution is 8.07. The maximum absolute atomic E-state index is 14.3. The summed E-state index contributed by atoms with van der Waals surface area (Å²) < 4.78 is 47.6. The number of rotatable bonds is 3. The molecule has 1 aromatic carbocycles. The minimum absolute atomic E-state index is 0.163. The minimum atomic E-state index is -4.12. The number of carbonyl (C=O) groups excluding carboxylic acids is 1. The van der Waals surface area contributed by atoms with Crippen molar-refractivity contribution in [3.8, 4) is 0 Å². The van der Waals surface area contributed by atoms with Crippen molar-refractivity contribution in [3.05, 3.63) is 78.4 Å². The van der Waals surface area contributed by atoms with E-state index in [9.17, 15) is 14.6 Å². The van der Waals surface area contributed by atoms with Gasteiger partial charge >= 0.3 is 13.4 Å². The molecule has 0 saturated carbocycles. The number of amides is 1. The van der Waals surface area contributed by atoms with Crippen molar-refractivity contribution in [2.24, 2.45) is 10.9 Å². The Kier molecular flexibility index (Phi) is 12.4. The monoisotopic (exact) mass is 956 g/mol. The van der Waals surface area contributed by atoms with Gasteiger partial charge in [-0.15, -0.1) is 0 Å². The SMILES string of the molecule is CC1C2COP(O)(=S)OC3C(O[Si](C)(C)C(C)(C)C)C4COP(O)(=S)OC1C(O2)n1cnc2c(ncnc21)CC/C=C/CN(C(=O)c1ccccc1)c1ncnc2c1N=CC2C3O4. The molecule has 3 aromatic heterocycles. The van der Waals surface area contributed by atoms with Gasteiger partial charge in [-0.2, -0.15) is 0 Å². The minimum Gasteiger partial charge on any atom is -0.408 e. The Labute approximate surface area is 376 Å². The molecule has 6 aliphatic heterocycles. The first-order valence-electron chi connectivity index (χ1n) is 20.8. The van der Waals surface area contributed by atoms with Gasteiger partial charge in [0.15, 0.2) is 26.0 Å². The summed E-state index contributed by atoms with van der Waals surface area (Å²) in [6.45, 7) is 3.84. The summed E-state index contributed by atoms with van der Waals surface area (Å²) >= 11 is 11.5. The molecule has 23 heteroatoms. The van der Waals surface area contributed by atoms with Crippen LogP contribution in [-0.2, 0) is 62.0 Å². The zero-order valence-electron chi connectivity index (χ0n) is 35.5. The number of hydrogen-bond acceptors (Lipinski definition) is 16. The van der Waals surface area contributed by atoms with E-state index >= 15 is 0 Å². The van der Waals surface area contributed by atoms with Crippen LogP contribution in [0.2, 0.25) is 18.1 Å². The van der Waals surface area contributed by atoms with E-state index < -0.39 is 76.4 Å². The third-order valence-corrected chi connectivity index (χ3v) is 20.3. The van der Waals surface area contributed by atoms with Crippen LogP contribution >= 0.6 is 13.4 Å². The molecule has 3 fully saturated rings. The Bertz CT molecular complexity index is 2550. The van der Waals surface area contributed by atoms with Crippen LogP contribution in [0.5, 0.6) is 0 Å². The van der Waals surface area contributed by atoms with Gasteiger partial charge in [0, 0.05) is 24.2 Å². The number of benzene rings is 1. The maximum Gasteiger partial charge on any atom is 0.325 e. The smallest absolute Gasteiger partial charge is 0.325 e. The summed E-state index contributed by atoms with van der Waals surface area (Å²) in [5.41, 5.74) is 2.98. The second kappa shape index (κ2) is 17.3. The number of anilines is 1. The number of ether oxygens (including phenoxy) is 2. The molecule has 11 unspecified atom stereocenters. The topological polar surface area (TPSA) is 207 Å². The van der Waals surface area contributed by atoms with Gasteiger partial charge in [-0.3, -0.25) is 23.8 Å². The van der Waals surface area contributed by atoms with Gasteiger partial charge in [-0.25, -0.2) is 24.9 Å². The van der Waals surface area contributed by atoms with Gasteiger partial charge in [-0.1, -0.05) is 58.0 Å². The van der Waals surface area contributed by atoms with Gasteiger partial charge in [-0.05, 0) is 66.7 Å². The van der Waals surface area contributed by atoms with Gasteiger partial charge < -0.3 is 37.3 Å². The van der Waals surface area contributed by atoms with Crippen molar-refractivity contribution in [1.82, 2.24) is 29.5 Å². The van der Waals surface area contributed by atoms with Crippen molar-refractivity contribution in [2.45, 2.75) is 107 Å². The lowest BCUT2D eigenvalue weighted by molar-refractivity contribution is -0.0514. The molecule has 9 heterocycles. The molecular formula is C40H50N8O10P2S2Si.